The molecule has 28 heavy (non-hydrogen) atoms. The van der Waals surface area contributed by atoms with E-state index in [1.807, 2.05) is 13.0 Å². The minimum absolute atomic E-state index is 0.0792. The zero-order valence-corrected chi connectivity index (χ0v) is 17.4. The summed E-state index contributed by atoms with van der Waals surface area (Å²) in [6, 6.07) is 12.4. The number of amides is 1. The standard InChI is InChI=1S/C21H27FN2O3S/c1-4-7-15-24(17-11-9-8-10-12-17)21(25)19-16-18(13-14-20(19)22)28(26,27)23(5-2)6-3/h8-14,16H,4-7,15H2,1-3H3. The van der Waals surface area contributed by atoms with Gasteiger partial charge in [0.15, 0.2) is 0 Å². The molecule has 0 saturated heterocycles. The lowest BCUT2D eigenvalue weighted by Gasteiger charge is -2.24. The number of rotatable bonds is 9. The van der Waals surface area contributed by atoms with Gasteiger partial charge in [-0.1, -0.05) is 45.4 Å². The topological polar surface area (TPSA) is 57.7 Å². The highest BCUT2D eigenvalue weighted by Crippen LogP contribution is 2.23. The smallest absolute Gasteiger partial charge is 0.261 e. The van der Waals surface area contributed by atoms with Crippen molar-refractivity contribution in [3.63, 3.8) is 0 Å². The minimum atomic E-state index is -3.79. The third-order valence-electron chi connectivity index (χ3n) is 4.56. The molecule has 0 aromatic heterocycles. The molecule has 0 fully saturated rings. The summed E-state index contributed by atoms with van der Waals surface area (Å²) in [5.74, 6) is -1.28. The predicted octanol–water partition coefficient (Wildman–Crippen LogP) is 4.30. The molecular weight excluding hydrogens is 379 g/mol. The van der Waals surface area contributed by atoms with Gasteiger partial charge in [0.1, 0.15) is 5.82 Å². The number of nitrogens with zero attached hydrogens (tertiary/aromatic N) is 2. The molecule has 2 rings (SSSR count). The summed E-state index contributed by atoms with van der Waals surface area (Å²) in [7, 11) is -3.79. The Kier molecular flexibility index (Phi) is 7.71. The number of halogens is 1. The van der Waals surface area contributed by atoms with Crippen molar-refractivity contribution in [1.29, 1.82) is 0 Å². The SMILES string of the molecule is CCCCN(C(=O)c1cc(S(=O)(=O)N(CC)CC)ccc1F)c1ccccc1. The van der Waals surface area contributed by atoms with E-state index in [1.165, 1.54) is 15.3 Å². The molecule has 0 bridgehead atoms. The Labute approximate surface area is 166 Å². The fourth-order valence-electron chi connectivity index (χ4n) is 2.96. The Bertz CT molecular complexity index is 897. The highest BCUT2D eigenvalue weighted by Gasteiger charge is 2.26. The Morgan fingerprint density at radius 2 is 1.64 bits per heavy atom. The largest absolute Gasteiger partial charge is 0.308 e. The molecule has 0 aliphatic carbocycles. The molecule has 152 valence electrons. The first-order valence-electron chi connectivity index (χ1n) is 9.53. The highest BCUT2D eigenvalue weighted by molar-refractivity contribution is 7.89. The summed E-state index contributed by atoms with van der Waals surface area (Å²) in [6.07, 6.45) is 1.62. The fourth-order valence-corrected chi connectivity index (χ4v) is 4.44. The number of carbonyl (C=O) groups excluding carboxylic acids is 1. The normalized spacial score (nSPS) is 11.6. The molecule has 0 saturated carbocycles. The average Bonchev–Trinajstić information content (AvgIpc) is 2.69. The molecule has 0 spiro atoms. The molecule has 0 aliphatic heterocycles. The van der Waals surface area contributed by atoms with Crippen LogP contribution in [0.1, 0.15) is 44.0 Å². The van der Waals surface area contributed by atoms with Gasteiger partial charge in [0.25, 0.3) is 5.91 Å². The van der Waals surface area contributed by atoms with Crippen LogP contribution in [-0.4, -0.2) is 38.3 Å². The van der Waals surface area contributed by atoms with Crippen molar-refractivity contribution in [3.05, 3.63) is 59.9 Å². The van der Waals surface area contributed by atoms with Crippen LogP contribution in [-0.2, 0) is 10.0 Å². The summed E-state index contributed by atoms with van der Waals surface area (Å²) in [4.78, 5) is 14.6. The Balaban J connectivity index is 2.48. The molecule has 0 radical (unpaired) electrons. The van der Waals surface area contributed by atoms with Crippen LogP contribution in [0.5, 0.6) is 0 Å². The zero-order valence-electron chi connectivity index (χ0n) is 16.6. The number of hydrogen-bond acceptors (Lipinski definition) is 3. The molecule has 0 unspecified atom stereocenters. The summed E-state index contributed by atoms with van der Waals surface area (Å²) in [6.45, 7) is 6.49. The Morgan fingerprint density at radius 1 is 1.00 bits per heavy atom. The number of benzene rings is 2. The van der Waals surface area contributed by atoms with Crippen LogP contribution in [0, 0.1) is 5.82 Å². The van der Waals surface area contributed by atoms with Crippen LogP contribution in [0.4, 0.5) is 10.1 Å². The third-order valence-corrected chi connectivity index (χ3v) is 6.61. The van der Waals surface area contributed by atoms with Crippen molar-refractivity contribution in [2.45, 2.75) is 38.5 Å². The minimum Gasteiger partial charge on any atom is -0.308 e. The van der Waals surface area contributed by atoms with Crippen LogP contribution >= 0.6 is 0 Å². The monoisotopic (exact) mass is 406 g/mol. The van der Waals surface area contributed by atoms with E-state index in [9.17, 15) is 17.6 Å². The molecular formula is C21H27FN2O3S. The summed E-state index contributed by atoms with van der Waals surface area (Å²) >= 11 is 0. The molecule has 2 aromatic carbocycles. The summed E-state index contributed by atoms with van der Waals surface area (Å²) in [5.41, 5.74) is 0.408. The van der Waals surface area contributed by atoms with Gasteiger partial charge in [-0.2, -0.15) is 4.31 Å². The van der Waals surface area contributed by atoms with E-state index in [2.05, 4.69) is 0 Å². The van der Waals surface area contributed by atoms with Gasteiger partial charge in [-0.05, 0) is 36.8 Å². The number of carbonyl (C=O) groups is 1. The second-order valence-corrected chi connectivity index (χ2v) is 8.31. The molecule has 2 aromatic rings. The van der Waals surface area contributed by atoms with E-state index in [0.717, 1.165) is 25.0 Å². The van der Waals surface area contributed by atoms with Crippen molar-refractivity contribution in [1.82, 2.24) is 4.31 Å². The van der Waals surface area contributed by atoms with Crippen molar-refractivity contribution in [2.75, 3.05) is 24.5 Å². The lowest BCUT2D eigenvalue weighted by molar-refractivity contribution is 0.0982. The van der Waals surface area contributed by atoms with E-state index in [4.69, 9.17) is 0 Å². The van der Waals surface area contributed by atoms with Crippen LogP contribution < -0.4 is 4.90 Å². The number of para-hydroxylation sites is 1. The lowest BCUT2D eigenvalue weighted by atomic mass is 10.1. The molecule has 1 amide bonds. The van der Waals surface area contributed by atoms with E-state index >= 15 is 0 Å². The van der Waals surface area contributed by atoms with Gasteiger partial charge in [0.2, 0.25) is 10.0 Å². The quantitative estimate of drug-likeness (QED) is 0.624. The van der Waals surface area contributed by atoms with Gasteiger partial charge in [-0.15, -0.1) is 0 Å². The number of unbranched alkanes of at least 4 members (excludes halogenated alkanes) is 1. The number of anilines is 1. The van der Waals surface area contributed by atoms with Crippen molar-refractivity contribution in [2.24, 2.45) is 0 Å². The van der Waals surface area contributed by atoms with E-state index in [1.54, 1.807) is 38.1 Å². The number of sulfonamides is 1. The average molecular weight is 407 g/mol. The summed E-state index contributed by atoms with van der Waals surface area (Å²) in [5, 5.41) is 0. The fraction of sp³-hybridized carbons (Fsp3) is 0.381. The predicted molar refractivity (Wildman–Crippen MR) is 110 cm³/mol. The highest BCUT2D eigenvalue weighted by atomic mass is 32.2. The van der Waals surface area contributed by atoms with Crippen molar-refractivity contribution in [3.8, 4) is 0 Å². The second kappa shape index (κ2) is 9.80. The van der Waals surface area contributed by atoms with Gasteiger partial charge in [-0.3, -0.25) is 4.79 Å². The molecule has 0 N–H and O–H groups in total. The van der Waals surface area contributed by atoms with E-state index in [-0.39, 0.29) is 10.5 Å². The van der Waals surface area contributed by atoms with Gasteiger partial charge in [0.05, 0.1) is 10.5 Å². The maximum Gasteiger partial charge on any atom is 0.261 e. The number of hydrogen-bond donors (Lipinski definition) is 0. The summed E-state index contributed by atoms with van der Waals surface area (Å²) < 4.78 is 41.3. The maximum atomic E-state index is 14.5. The zero-order chi connectivity index (χ0) is 20.7. The van der Waals surface area contributed by atoms with Crippen LogP contribution in [0.15, 0.2) is 53.4 Å². The molecule has 0 atom stereocenters. The molecule has 7 heteroatoms. The maximum absolute atomic E-state index is 14.5. The van der Waals surface area contributed by atoms with E-state index < -0.39 is 21.7 Å². The second-order valence-electron chi connectivity index (χ2n) is 6.38. The van der Waals surface area contributed by atoms with Crippen LogP contribution in [0.2, 0.25) is 0 Å². The Hall–Kier alpha value is -2.25. The molecule has 0 aliphatic rings. The van der Waals surface area contributed by atoms with E-state index in [0.29, 0.717) is 25.3 Å². The van der Waals surface area contributed by atoms with Gasteiger partial charge >= 0.3 is 0 Å². The van der Waals surface area contributed by atoms with Gasteiger partial charge in [0, 0.05) is 25.3 Å². The van der Waals surface area contributed by atoms with Crippen molar-refractivity contribution < 1.29 is 17.6 Å². The third kappa shape index (κ3) is 4.77. The molecule has 5 nitrogen and oxygen atoms in total. The first kappa shape index (κ1) is 22.0. The lowest BCUT2D eigenvalue weighted by Crippen LogP contribution is -2.33. The van der Waals surface area contributed by atoms with Gasteiger partial charge in [-0.25, -0.2) is 12.8 Å². The first-order chi connectivity index (χ1) is 13.4. The van der Waals surface area contributed by atoms with Crippen LogP contribution in [0.25, 0.3) is 0 Å². The Morgan fingerprint density at radius 3 is 2.21 bits per heavy atom. The first-order valence-corrected chi connectivity index (χ1v) is 11.0. The molecule has 0 heterocycles. The van der Waals surface area contributed by atoms with Gasteiger partial charge < -0.3 is 4.90 Å². The van der Waals surface area contributed by atoms with Crippen molar-refractivity contribution >= 4 is 21.6 Å². The van der Waals surface area contributed by atoms with Crippen LogP contribution in [0.3, 0.4) is 0 Å².